The third kappa shape index (κ3) is 8.68. The molecule has 0 aliphatic rings. The predicted molar refractivity (Wildman–Crippen MR) is 324 cm³/mol. The summed E-state index contributed by atoms with van der Waals surface area (Å²) in [5, 5.41) is 34.6. The molecule has 13 rings (SSSR count). The molecule has 0 amide bonds. The topological polar surface area (TPSA) is 90.0 Å². The maximum atomic E-state index is 14.7. The standard InChI is InChI=1S/C73H40F3N7/c1-44-32-53(35-54(33-44)73(74,75)76)46-21-27-60(72(40-46)83-69-29-23-48(56-15-7-5-13-52(56)43-79)37-62(69)64-39-50(25-31-70(64)83)58-17-9-11-19-66(58)81-3)59-26-20-45(41-77)34-71(59)82-67-28-22-47(55-14-6-4-12-51(55)42-78)36-61(67)63-38-49(24-30-68(63)82)57-16-8-10-18-65(57)80-2/h4-40H,1H3. The number of fused-ring (bicyclic) bond motifs is 6. The lowest BCUT2D eigenvalue weighted by atomic mass is 9.94. The van der Waals surface area contributed by atoms with Crippen molar-refractivity contribution in [1.82, 2.24) is 9.13 Å². The van der Waals surface area contributed by atoms with E-state index in [-0.39, 0.29) is 0 Å². The van der Waals surface area contributed by atoms with Crippen molar-refractivity contribution in [2.24, 2.45) is 0 Å². The molecule has 0 bridgehead atoms. The zero-order valence-corrected chi connectivity index (χ0v) is 44.1. The molecule has 13 aromatic rings. The summed E-state index contributed by atoms with van der Waals surface area (Å²) in [5.74, 6) is 0. The second-order valence-electron chi connectivity index (χ2n) is 20.3. The lowest BCUT2D eigenvalue weighted by molar-refractivity contribution is -0.137. The average molecular weight is 1070 g/mol. The third-order valence-corrected chi connectivity index (χ3v) is 15.6. The molecule has 7 nitrogen and oxygen atoms in total. The highest BCUT2D eigenvalue weighted by molar-refractivity contribution is 6.14. The Morgan fingerprint density at radius 1 is 0.373 bits per heavy atom. The number of hydrogen-bond donors (Lipinski definition) is 0. The molecule has 11 aromatic carbocycles. The van der Waals surface area contributed by atoms with Gasteiger partial charge in [0.2, 0.25) is 0 Å². The van der Waals surface area contributed by atoms with E-state index in [2.05, 4.69) is 61.3 Å². The lowest BCUT2D eigenvalue weighted by Crippen LogP contribution is -2.05. The van der Waals surface area contributed by atoms with E-state index >= 15 is 0 Å². The maximum Gasteiger partial charge on any atom is 0.416 e. The third-order valence-electron chi connectivity index (χ3n) is 15.6. The van der Waals surface area contributed by atoms with Crippen LogP contribution in [-0.4, -0.2) is 9.13 Å². The first-order valence-corrected chi connectivity index (χ1v) is 26.4. The molecule has 0 aliphatic carbocycles. The Kier molecular flexibility index (Phi) is 12.3. The smallest absolute Gasteiger partial charge is 0.309 e. The van der Waals surface area contributed by atoms with Crippen LogP contribution in [0.2, 0.25) is 0 Å². The monoisotopic (exact) mass is 1070 g/mol. The van der Waals surface area contributed by atoms with Crippen LogP contribution in [0.15, 0.2) is 224 Å². The molecule has 0 saturated carbocycles. The van der Waals surface area contributed by atoms with Gasteiger partial charge in [-0.2, -0.15) is 29.0 Å². The average Bonchev–Trinajstić information content (AvgIpc) is 2.15. The van der Waals surface area contributed by atoms with Gasteiger partial charge in [0.1, 0.15) is 0 Å². The van der Waals surface area contributed by atoms with Gasteiger partial charge in [-0.1, -0.05) is 133 Å². The summed E-state index contributed by atoms with van der Waals surface area (Å²) in [5.41, 5.74) is 15.0. The highest BCUT2D eigenvalue weighted by Gasteiger charge is 2.31. The zero-order valence-electron chi connectivity index (χ0n) is 44.1. The van der Waals surface area contributed by atoms with Gasteiger partial charge in [0, 0.05) is 32.7 Å². The van der Waals surface area contributed by atoms with Crippen LogP contribution in [0.4, 0.5) is 24.5 Å². The van der Waals surface area contributed by atoms with Gasteiger partial charge >= 0.3 is 6.18 Å². The van der Waals surface area contributed by atoms with Crippen LogP contribution < -0.4 is 0 Å². The number of aryl methyl sites for hydroxylation is 1. The van der Waals surface area contributed by atoms with E-state index < -0.39 is 11.7 Å². The van der Waals surface area contributed by atoms with E-state index in [0.29, 0.717) is 67.3 Å². The Hall–Kier alpha value is -11.7. The molecule has 388 valence electrons. The van der Waals surface area contributed by atoms with E-state index in [9.17, 15) is 29.0 Å². The fraction of sp³-hybridized carbons (Fsp3) is 0.0274. The summed E-state index contributed by atoms with van der Waals surface area (Å²) in [6.45, 7) is 17.7. The van der Waals surface area contributed by atoms with Crippen molar-refractivity contribution in [3.8, 4) is 96.3 Å². The van der Waals surface area contributed by atoms with E-state index in [0.717, 1.165) is 94.2 Å². The van der Waals surface area contributed by atoms with Gasteiger partial charge in [-0.25, -0.2) is 9.69 Å². The second-order valence-corrected chi connectivity index (χ2v) is 20.3. The lowest BCUT2D eigenvalue weighted by Gasteiger charge is -2.20. The minimum Gasteiger partial charge on any atom is -0.309 e. The van der Waals surface area contributed by atoms with Gasteiger partial charge in [-0.05, 0) is 159 Å². The number of alkyl halides is 3. The van der Waals surface area contributed by atoms with Crippen LogP contribution in [0.3, 0.4) is 0 Å². The highest BCUT2D eigenvalue weighted by Crippen LogP contribution is 2.47. The van der Waals surface area contributed by atoms with Crippen LogP contribution in [0.5, 0.6) is 0 Å². The largest absolute Gasteiger partial charge is 0.416 e. The molecule has 0 aliphatic heterocycles. The van der Waals surface area contributed by atoms with Crippen molar-refractivity contribution >= 4 is 55.0 Å². The van der Waals surface area contributed by atoms with Gasteiger partial charge in [0.25, 0.3) is 0 Å². The quantitative estimate of drug-likeness (QED) is 0.142. The van der Waals surface area contributed by atoms with Crippen molar-refractivity contribution in [3.05, 3.63) is 275 Å². The summed E-state index contributed by atoms with van der Waals surface area (Å²) >= 11 is 0. The summed E-state index contributed by atoms with van der Waals surface area (Å²) in [6, 6.07) is 76.4. The van der Waals surface area contributed by atoms with E-state index in [1.54, 1.807) is 43.3 Å². The molecule has 0 fully saturated rings. The Labute approximate surface area is 475 Å². The molecule has 2 heterocycles. The number of rotatable bonds is 8. The number of aromatic nitrogens is 2. The normalized spacial score (nSPS) is 11.3. The summed E-state index contributed by atoms with van der Waals surface area (Å²) < 4.78 is 48.3. The predicted octanol–water partition coefficient (Wildman–Crippen LogP) is 19.9. The molecule has 0 atom stereocenters. The minimum absolute atomic E-state index is 0.367. The van der Waals surface area contributed by atoms with E-state index in [4.69, 9.17) is 13.1 Å². The van der Waals surface area contributed by atoms with Crippen LogP contribution in [-0.2, 0) is 6.18 Å². The zero-order chi connectivity index (χ0) is 57.1. The maximum absolute atomic E-state index is 14.7. The Morgan fingerprint density at radius 2 is 0.771 bits per heavy atom. The number of hydrogen-bond acceptors (Lipinski definition) is 3. The van der Waals surface area contributed by atoms with Crippen LogP contribution in [0, 0.1) is 54.1 Å². The first-order chi connectivity index (χ1) is 40.5. The molecule has 0 saturated heterocycles. The SMILES string of the molecule is [C-]#[N+]c1ccccc1-c1ccc2c(c1)c1cc(-c3ccccc3C#N)ccc1n2-c1cc(C#N)ccc1-c1ccc(-c2cc(C)cc(C(F)(F)F)c2)cc1-n1c2ccc(-c3ccccc3C#N)cc2c2cc(-c3ccccc3[N+]#[C-])ccc21. The molecular weight excluding hydrogens is 1030 g/mol. The summed E-state index contributed by atoms with van der Waals surface area (Å²) in [4.78, 5) is 7.71. The Morgan fingerprint density at radius 3 is 1.20 bits per heavy atom. The summed E-state index contributed by atoms with van der Waals surface area (Å²) in [7, 11) is 0. The molecule has 0 spiro atoms. The second kappa shape index (κ2) is 20.2. The highest BCUT2D eigenvalue weighted by atomic mass is 19.4. The van der Waals surface area contributed by atoms with Gasteiger partial charge in [0.05, 0.1) is 87.0 Å². The van der Waals surface area contributed by atoms with Crippen LogP contribution >= 0.6 is 0 Å². The molecule has 2 aromatic heterocycles. The van der Waals surface area contributed by atoms with Crippen molar-refractivity contribution in [2.75, 3.05) is 0 Å². The Bertz CT molecular complexity index is 4890. The number of nitriles is 3. The number of para-hydroxylation sites is 2. The molecular formula is C73H40F3N7. The first-order valence-electron chi connectivity index (χ1n) is 26.4. The fourth-order valence-corrected chi connectivity index (χ4v) is 11.8. The molecule has 0 radical (unpaired) electrons. The van der Waals surface area contributed by atoms with Gasteiger partial charge in [0.15, 0.2) is 11.4 Å². The molecule has 0 N–H and O–H groups in total. The number of nitrogens with zero attached hydrogens (tertiary/aromatic N) is 7. The fourth-order valence-electron chi connectivity index (χ4n) is 11.8. The van der Waals surface area contributed by atoms with Crippen LogP contribution in [0.1, 0.15) is 27.8 Å². The van der Waals surface area contributed by atoms with E-state index in [1.807, 2.05) is 152 Å². The first kappa shape index (κ1) is 50.7. The van der Waals surface area contributed by atoms with Crippen molar-refractivity contribution in [2.45, 2.75) is 13.1 Å². The van der Waals surface area contributed by atoms with Crippen LogP contribution in [0.25, 0.3) is 131 Å². The van der Waals surface area contributed by atoms with Crippen molar-refractivity contribution in [1.29, 1.82) is 15.8 Å². The van der Waals surface area contributed by atoms with Crippen molar-refractivity contribution < 1.29 is 13.2 Å². The number of halogens is 3. The van der Waals surface area contributed by atoms with Gasteiger partial charge in [-0.15, -0.1) is 0 Å². The summed E-state index contributed by atoms with van der Waals surface area (Å²) in [6.07, 6.45) is -4.61. The molecule has 83 heavy (non-hydrogen) atoms. The minimum atomic E-state index is -4.61. The van der Waals surface area contributed by atoms with Gasteiger partial charge in [-0.3, -0.25) is 0 Å². The number of benzene rings is 11. The Balaban J connectivity index is 1.13. The van der Waals surface area contributed by atoms with E-state index in [1.165, 1.54) is 6.07 Å². The molecule has 0 unspecified atom stereocenters. The molecule has 10 heteroatoms. The van der Waals surface area contributed by atoms with Crippen molar-refractivity contribution in [3.63, 3.8) is 0 Å². The van der Waals surface area contributed by atoms with Gasteiger partial charge < -0.3 is 9.13 Å².